The topological polar surface area (TPSA) is 114 Å². The minimum absolute atomic E-state index is 0.00932. The molecule has 1 fully saturated rings. The Bertz CT molecular complexity index is 788. The molecule has 156 valence electrons. The molecule has 2 aromatic rings. The van der Waals surface area contributed by atoms with E-state index in [9.17, 15) is 14.4 Å². The van der Waals surface area contributed by atoms with Crippen LogP contribution in [0.2, 0.25) is 0 Å². The maximum atomic E-state index is 12.7. The van der Waals surface area contributed by atoms with Gasteiger partial charge in [-0.25, -0.2) is 4.98 Å². The summed E-state index contributed by atoms with van der Waals surface area (Å²) in [5.41, 5.74) is 0. The maximum Gasteiger partial charge on any atom is 0.240 e. The van der Waals surface area contributed by atoms with Crippen LogP contribution in [-0.4, -0.2) is 53.4 Å². The van der Waals surface area contributed by atoms with Crippen molar-refractivity contribution >= 4 is 34.2 Å². The number of ether oxygens (including phenoxy) is 1. The predicted molar refractivity (Wildman–Crippen MR) is 106 cm³/mol. The molecule has 3 heterocycles. The van der Waals surface area contributed by atoms with Crippen LogP contribution in [0, 0.1) is 0 Å². The second-order valence-electron chi connectivity index (χ2n) is 6.65. The molecule has 1 aliphatic rings. The highest BCUT2D eigenvalue weighted by molar-refractivity contribution is 7.13. The van der Waals surface area contributed by atoms with Crippen molar-refractivity contribution in [3.05, 3.63) is 35.7 Å². The molecule has 3 rings (SSSR count). The van der Waals surface area contributed by atoms with Crippen molar-refractivity contribution < 1.29 is 23.5 Å². The van der Waals surface area contributed by atoms with E-state index in [1.807, 2.05) is 0 Å². The number of hydrogen-bond acceptors (Lipinski definition) is 7. The number of carbonyl (C=O) groups excluding carboxylic acids is 3. The van der Waals surface area contributed by atoms with Crippen LogP contribution in [0.1, 0.15) is 31.4 Å². The SMILES string of the molecule is O=C(CN(C[C@H]1CCCO1)C(=O)CCC(=O)Nc1nccs1)NCc1ccco1. The van der Waals surface area contributed by atoms with Gasteiger partial charge in [0.2, 0.25) is 17.7 Å². The molecule has 10 heteroatoms. The lowest BCUT2D eigenvalue weighted by molar-refractivity contribution is -0.138. The Balaban J connectivity index is 1.49. The van der Waals surface area contributed by atoms with Gasteiger partial charge in [0.25, 0.3) is 0 Å². The third-order valence-electron chi connectivity index (χ3n) is 4.42. The van der Waals surface area contributed by atoms with Crippen LogP contribution >= 0.6 is 11.3 Å². The average molecular weight is 420 g/mol. The Morgan fingerprint density at radius 2 is 2.17 bits per heavy atom. The van der Waals surface area contributed by atoms with E-state index in [1.54, 1.807) is 23.7 Å². The van der Waals surface area contributed by atoms with E-state index in [-0.39, 0.29) is 49.8 Å². The van der Waals surface area contributed by atoms with Gasteiger partial charge in [-0.1, -0.05) is 0 Å². The van der Waals surface area contributed by atoms with E-state index in [2.05, 4.69) is 15.6 Å². The zero-order valence-corrected chi connectivity index (χ0v) is 16.8. The molecule has 1 aliphatic heterocycles. The van der Waals surface area contributed by atoms with E-state index in [1.165, 1.54) is 22.5 Å². The summed E-state index contributed by atoms with van der Waals surface area (Å²) in [5, 5.41) is 7.64. The Hall–Kier alpha value is -2.72. The van der Waals surface area contributed by atoms with E-state index in [0.29, 0.717) is 24.0 Å². The molecule has 1 atom stereocenters. The number of aromatic nitrogens is 1. The molecule has 9 nitrogen and oxygen atoms in total. The molecule has 0 spiro atoms. The summed E-state index contributed by atoms with van der Waals surface area (Å²) in [6.07, 6.45) is 4.86. The molecule has 0 radical (unpaired) electrons. The van der Waals surface area contributed by atoms with Crippen molar-refractivity contribution in [3.63, 3.8) is 0 Å². The molecule has 0 aliphatic carbocycles. The average Bonchev–Trinajstić information content (AvgIpc) is 3.47. The van der Waals surface area contributed by atoms with Crippen LogP contribution in [0.3, 0.4) is 0 Å². The van der Waals surface area contributed by atoms with Gasteiger partial charge in [-0.3, -0.25) is 14.4 Å². The second-order valence-corrected chi connectivity index (χ2v) is 7.55. The van der Waals surface area contributed by atoms with Gasteiger partial charge < -0.3 is 24.7 Å². The molecule has 2 aromatic heterocycles. The van der Waals surface area contributed by atoms with Gasteiger partial charge in [0, 0.05) is 37.6 Å². The molecule has 0 unspecified atom stereocenters. The van der Waals surface area contributed by atoms with Gasteiger partial charge in [-0.05, 0) is 25.0 Å². The molecule has 3 amide bonds. The largest absolute Gasteiger partial charge is 0.467 e. The number of nitrogens with one attached hydrogen (secondary N) is 2. The zero-order valence-electron chi connectivity index (χ0n) is 16.0. The molecule has 29 heavy (non-hydrogen) atoms. The molecule has 1 saturated heterocycles. The number of carbonyl (C=O) groups is 3. The smallest absolute Gasteiger partial charge is 0.240 e. The summed E-state index contributed by atoms with van der Waals surface area (Å²) in [5.74, 6) is -0.204. The summed E-state index contributed by atoms with van der Waals surface area (Å²) >= 11 is 1.31. The third kappa shape index (κ3) is 6.99. The Labute approximate surface area is 172 Å². The van der Waals surface area contributed by atoms with Crippen molar-refractivity contribution in [1.82, 2.24) is 15.2 Å². The quantitative estimate of drug-likeness (QED) is 0.606. The zero-order chi connectivity index (χ0) is 20.5. The monoisotopic (exact) mass is 420 g/mol. The van der Waals surface area contributed by atoms with E-state index >= 15 is 0 Å². The maximum absolute atomic E-state index is 12.7. The first-order valence-electron chi connectivity index (χ1n) is 9.48. The first-order valence-corrected chi connectivity index (χ1v) is 10.4. The predicted octanol–water partition coefficient (Wildman–Crippen LogP) is 1.78. The second kappa shape index (κ2) is 10.7. The standard InChI is InChI=1S/C19H24N4O5S/c24-16(22-19-20-7-10-29-19)5-6-18(26)23(12-15-4-2-9-28-15)13-17(25)21-11-14-3-1-8-27-14/h1,3,7-8,10,15H,2,4-6,9,11-13H2,(H,21,25)(H,20,22,24)/t15-/m1/s1. The lowest BCUT2D eigenvalue weighted by atomic mass is 10.2. The van der Waals surface area contributed by atoms with Gasteiger partial charge in [-0.15, -0.1) is 11.3 Å². The highest BCUT2D eigenvalue weighted by Crippen LogP contribution is 2.15. The van der Waals surface area contributed by atoms with Crippen LogP contribution in [0.15, 0.2) is 34.4 Å². The van der Waals surface area contributed by atoms with Crippen molar-refractivity contribution in [2.75, 3.05) is 25.0 Å². The van der Waals surface area contributed by atoms with Crippen molar-refractivity contribution in [3.8, 4) is 0 Å². The summed E-state index contributed by atoms with van der Waals surface area (Å²) in [6, 6.07) is 3.50. The molecule has 0 bridgehead atoms. The van der Waals surface area contributed by atoms with E-state index < -0.39 is 0 Å². The van der Waals surface area contributed by atoms with Gasteiger partial charge in [0.1, 0.15) is 5.76 Å². The number of hydrogen-bond donors (Lipinski definition) is 2. The number of amides is 3. The summed E-state index contributed by atoms with van der Waals surface area (Å²) in [7, 11) is 0. The Morgan fingerprint density at radius 1 is 1.28 bits per heavy atom. The van der Waals surface area contributed by atoms with Crippen LogP contribution in [-0.2, 0) is 25.7 Å². The Morgan fingerprint density at radius 3 is 2.86 bits per heavy atom. The summed E-state index contributed by atoms with van der Waals surface area (Å²) in [4.78, 5) is 42.4. The lowest BCUT2D eigenvalue weighted by Crippen LogP contribution is -2.44. The first-order chi connectivity index (χ1) is 14.1. The summed E-state index contributed by atoms with van der Waals surface area (Å²) < 4.78 is 10.8. The fourth-order valence-electron chi connectivity index (χ4n) is 2.96. The van der Waals surface area contributed by atoms with Crippen LogP contribution in [0.25, 0.3) is 0 Å². The minimum atomic E-state index is -0.292. The number of rotatable bonds is 10. The van der Waals surface area contributed by atoms with Crippen LogP contribution in [0.4, 0.5) is 5.13 Å². The highest BCUT2D eigenvalue weighted by atomic mass is 32.1. The minimum Gasteiger partial charge on any atom is -0.467 e. The van der Waals surface area contributed by atoms with E-state index in [4.69, 9.17) is 9.15 Å². The fourth-order valence-corrected chi connectivity index (χ4v) is 3.51. The van der Waals surface area contributed by atoms with Gasteiger partial charge >= 0.3 is 0 Å². The molecular formula is C19H24N4O5S. The third-order valence-corrected chi connectivity index (χ3v) is 5.11. The van der Waals surface area contributed by atoms with Crippen molar-refractivity contribution in [1.29, 1.82) is 0 Å². The van der Waals surface area contributed by atoms with Crippen molar-refractivity contribution in [2.45, 2.75) is 38.3 Å². The fraction of sp³-hybridized carbons (Fsp3) is 0.474. The summed E-state index contributed by atoms with van der Waals surface area (Å²) in [6.45, 7) is 1.16. The Kier molecular flexibility index (Phi) is 7.77. The normalized spacial score (nSPS) is 15.8. The lowest BCUT2D eigenvalue weighted by Gasteiger charge is -2.25. The van der Waals surface area contributed by atoms with Gasteiger partial charge in [0.15, 0.2) is 5.13 Å². The molecular weight excluding hydrogens is 396 g/mol. The molecule has 0 saturated carbocycles. The number of anilines is 1. The van der Waals surface area contributed by atoms with E-state index in [0.717, 1.165) is 12.8 Å². The highest BCUT2D eigenvalue weighted by Gasteiger charge is 2.24. The first kappa shape index (κ1) is 21.0. The molecule has 0 aromatic carbocycles. The number of thiazole rings is 1. The molecule has 2 N–H and O–H groups in total. The van der Waals surface area contributed by atoms with Crippen molar-refractivity contribution in [2.24, 2.45) is 0 Å². The van der Waals surface area contributed by atoms with Crippen LogP contribution in [0.5, 0.6) is 0 Å². The van der Waals surface area contributed by atoms with Gasteiger partial charge in [0.05, 0.1) is 25.5 Å². The van der Waals surface area contributed by atoms with Gasteiger partial charge in [-0.2, -0.15) is 0 Å². The number of nitrogens with zero attached hydrogens (tertiary/aromatic N) is 2. The van der Waals surface area contributed by atoms with Crippen LogP contribution < -0.4 is 10.6 Å². The number of furan rings is 1.